The van der Waals surface area contributed by atoms with Crippen molar-refractivity contribution in [3.05, 3.63) is 74.3 Å². The molecule has 162 valence electrons. The Morgan fingerprint density at radius 3 is 2.55 bits per heavy atom. The van der Waals surface area contributed by atoms with Crippen molar-refractivity contribution < 1.29 is 18.0 Å². The lowest BCUT2D eigenvalue weighted by Crippen LogP contribution is -2.35. The maximum absolute atomic E-state index is 13.8. The van der Waals surface area contributed by atoms with E-state index in [0.717, 1.165) is 9.15 Å². The molecule has 2 N–H and O–H groups in total. The van der Waals surface area contributed by atoms with Crippen LogP contribution in [0.3, 0.4) is 0 Å². The Balaban J connectivity index is 1.65. The summed E-state index contributed by atoms with van der Waals surface area (Å²) in [4.78, 5) is 12.6. The predicted molar refractivity (Wildman–Crippen MR) is 117 cm³/mol. The molecule has 5 nitrogen and oxygen atoms in total. The van der Waals surface area contributed by atoms with E-state index in [-0.39, 0.29) is 28.6 Å². The summed E-state index contributed by atoms with van der Waals surface area (Å²) in [5.74, 6) is -0.599. The van der Waals surface area contributed by atoms with E-state index in [2.05, 4.69) is 31.7 Å². The van der Waals surface area contributed by atoms with E-state index in [1.54, 1.807) is 30.3 Å². The number of aromatic nitrogens is 2. The SMILES string of the molecule is O=C(Nc1cc(Cl)ccc1Cl)c1cc2n(n1)C(C(F)(F)F)CC(c1ccc(Br)cc1)N2. The molecule has 1 aliphatic rings. The highest BCUT2D eigenvalue weighted by Gasteiger charge is 2.46. The third-order valence-corrected chi connectivity index (χ3v) is 5.96. The molecule has 0 saturated carbocycles. The van der Waals surface area contributed by atoms with Gasteiger partial charge in [-0.25, -0.2) is 4.68 Å². The number of fused-ring (bicyclic) bond motifs is 1. The second-order valence-electron chi connectivity index (χ2n) is 6.98. The molecular weight excluding hydrogens is 520 g/mol. The van der Waals surface area contributed by atoms with Gasteiger partial charge < -0.3 is 10.6 Å². The first-order valence-electron chi connectivity index (χ1n) is 9.06. The van der Waals surface area contributed by atoms with Crippen LogP contribution in [-0.4, -0.2) is 21.9 Å². The second kappa shape index (κ2) is 8.37. The number of nitrogens with zero attached hydrogens (tertiary/aromatic N) is 2. The van der Waals surface area contributed by atoms with Gasteiger partial charge in [0.2, 0.25) is 0 Å². The standard InChI is InChI=1S/C20H14BrCl2F3N4O/c21-11-3-1-10(2-4-11)14-8-17(20(24,25)26)30-18(27-14)9-16(29-30)19(31)28-15-7-12(22)5-6-13(15)23/h1-7,9,14,17,27H,8H2,(H,28,31). The van der Waals surface area contributed by atoms with Gasteiger partial charge in [-0.1, -0.05) is 51.3 Å². The largest absolute Gasteiger partial charge is 0.410 e. The highest BCUT2D eigenvalue weighted by atomic mass is 79.9. The molecule has 2 unspecified atom stereocenters. The van der Waals surface area contributed by atoms with Crippen LogP contribution in [0.5, 0.6) is 0 Å². The summed E-state index contributed by atoms with van der Waals surface area (Å²) in [6.07, 6.45) is -4.80. The molecule has 31 heavy (non-hydrogen) atoms. The topological polar surface area (TPSA) is 59.0 Å². The van der Waals surface area contributed by atoms with Crippen LogP contribution in [0.1, 0.15) is 34.6 Å². The Morgan fingerprint density at radius 1 is 1.16 bits per heavy atom. The Hall–Kier alpha value is -2.23. The lowest BCUT2D eigenvalue weighted by Gasteiger charge is -2.33. The average Bonchev–Trinajstić information content (AvgIpc) is 3.14. The fraction of sp³-hybridized carbons (Fsp3) is 0.200. The molecule has 0 bridgehead atoms. The van der Waals surface area contributed by atoms with E-state index in [1.807, 2.05) is 0 Å². The number of anilines is 2. The maximum Gasteiger partial charge on any atom is 0.410 e. The second-order valence-corrected chi connectivity index (χ2v) is 8.74. The molecule has 2 aromatic carbocycles. The lowest BCUT2D eigenvalue weighted by molar-refractivity contribution is -0.173. The van der Waals surface area contributed by atoms with Gasteiger partial charge in [-0.3, -0.25) is 4.79 Å². The smallest absolute Gasteiger partial charge is 0.363 e. The first kappa shape index (κ1) is 22.0. The molecule has 3 aromatic rings. The Kier molecular flexibility index (Phi) is 5.93. The number of carbonyl (C=O) groups excluding carboxylic acids is 1. The van der Waals surface area contributed by atoms with Crippen LogP contribution in [0.4, 0.5) is 24.7 Å². The molecule has 1 amide bonds. The monoisotopic (exact) mass is 532 g/mol. The van der Waals surface area contributed by atoms with Gasteiger partial charge in [-0.15, -0.1) is 0 Å². The first-order chi connectivity index (χ1) is 14.6. The molecule has 2 heterocycles. The van der Waals surface area contributed by atoms with Gasteiger partial charge in [0.15, 0.2) is 11.7 Å². The van der Waals surface area contributed by atoms with E-state index in [9.17, 15) is 18.0 Å². The van der Waals surface area contributed by atoms with E-state index in [4.69, 9.17) is 23.2 Å². The third-order valence-electron chi connectivity index (χ3n) is 4.87. The molecule has 4 rings (SSSR count). The highest BCUT2D eigenvalue weighted by Crippen LogP contribution is 2.43. The Bertz CT molecular complexity index is 1130. The first-order valence-corrected chi connectivity index (χ1v) is 10.6. The zero-order valence-corrected chi connectivity index (χ0v) is 18.6. The Morgan fingerprint density at radius 2 is 1.87 bits per heavy atom. The molecular formula is C20H14BrCl2F3N4O. The molecule has 11 heteroatoms. The van der Waals surface area contributed by atoms with Crippen molar-refractivity contribution in [1.29, 1.82) is 0 Å². The minimum atomic E-state index is -4.54. The fourth-order valence-corrected chi connectivity index (χ4v) is 3.98. The average molecular weight is 534 g/mol. The molecule has 1 aliphatic heterocycles. The number of alkyl halides is 3. The van der Waals surface area contributed by atoms with Gasteiger partial charge in [0.05, 0.1) is 16.8 Å². The highest BCUT2D eigenvalue weighted by molar-refractivity contribution is 9.10. The van der Waals surface area contributed by atoms with E-state index in [0.29, 0.717) is 10.6 Å². The van der Waals surface area contributed by atoms with Crippen LogP contribution in [0.25, 0.3) is 0 Å². The molecule has 2 atom stereocenters. The number of hydrogen-bond acceptors (Lipinski definition) is 3. The van der Waals surface area contributed by atoms with Crippen LogP contribution >= 0.6 is 39.1 Å². The van der Waals surface area contributed by atoms with Crippen LogP contribution < -0.4 is 10.6 Å². The van der Waals surface area contributed by atoms with Gasteiger partial charge in [-0.05, 0) is 35.9 Å². The van der Waals surface area contributed by atoms with E-state index < -0.39 is 24.2 Å². The number of halogens is 6. The molecule has 1 aromatic heterocycles. The van der Waals surface area contributed by atoms with Crippen molar-refractivity contribution in [3.8, 4) is 0 Å². The van der Waals surface area contributed by atoms with Gasteiger partial charge in [0, 0.05) is 22.0 Å². The van der Waals surface area contributed by atoms with Crippen LogP contribution in [0, 0.1) is 0 Å². The summed E-state index contributed by atoms with van der Waals surface area (Å²) in [6, 6.07) is 10.3. The molecule has 0 saturated heterocycles. The number of benzene rings is 2. The lowest BCUT2D eigenvalue weighted by atomic mass is 9.97. The van der Waals surface area contributed by atoms with Crippen molar-refractivity contribution in [2.75, 3.05) is 10.6 Å². The zero-order chi connectivity index (χ0) is 22.3. The van der Waals surface area contributed by atoms with Crippen molar-refractivity contribution in [3.63, 3.8) is 0 Å². The van der Waals surface area contributed by atoms with E-state index >= 15 is 0 Å². The summed E-state index contributed by atoms with van der Waals surface area (Å²) in [5, 5.41) is 10.1. The number of carbonyl (C=O) groups is 1. The number of nitrogens with one attached hydrogen (secondary N) is 2. The van der Waals surface area contributed by atoms with Crippen LogP contribution in [0.2, 0.25) is 10.0 Å². The van der Waals surface area contributed by atoms with Gasteiger partial charge in [0.25, 0.3) is 5.91 Å². The van der Waals surface area contributed by atoms with Crippen molar-refractivity contribution in [1.82, 2.24) is 9.78 Å². The van der Waals surface area contributed by atoms with Gasteiger partial charge >= 0.3 is 6.18 Å². The van der Waals surface area contributed by atoms with Gasteiger partial charge in [-0.2, -0.15) is 18.3 Å². The number of rotatable bonds is 3. The number of amides is 1. The molecule has 0 spiro atoms. The summed E-state index contributed by atoms with van der Waals surface area (Å²) < 4.78 is 43.0. The van der Waals surface area contributed by atoms with E-state index in [1.165, 1.54) is 18.2 Å². The van der Waals surface area contributed by atoms with Gasteiger partial charge in [0.1, 0.15) is 5.82 Å². The fourth-order valence-electron chi connectivity index (χ4n) is 3.38. The summed E-state index contributed by atoms with van der Waals surface area (Å²) in [6.45, 7) is 0. The summed E-state index contributed by atoms with van der Waals surface area (Å²) in [7, 11) is 0. The maximum atomic E-state index is 13.8. The molecule has 0 aliphatic carbocycles. The number of hydrogen-bond donors (Lipinski definition) is 2. The third kappa shape index (κ3) is 4.68. The molecule has 0 fully saturated rings. The van der Waals surface area contributed by atoms with Crippen molar-refractivity contribution >= 4 is 56.5 Å². The normalized spacial score (nSPS) is 18.3. The summed E-state index contributed by atoms with van der Waals surface area (Å²) in [5.41, 5.74) is 0.754. The van der Waals surface area contributed by atoms with Crippen molar-refractivity contribution in [2.45, 2.75) is 24.7 Å². The summed E-state index contributed by atoms with van der Waals surface area (Å²) >= 11 is 15.3. The van der Waals surface area contributed by atoms with Crippen LogP contribution in [0.15, 0.2) is 53.0 Å². The van der Waals surface area contributed by atoms with Crippen molar-refractivity contribution in [2.24, 2.45) is 0 Å². The molecule has 0 radical (unpaired) electrons. The zero-order valence-electron chi connectivity index (χ0n) is 15.6. The predicted octanol–water partition coefficient (Wildman–Crippen LogP) is 6.87. The Labute approximate surface area is 193 Å². The van der Waals surface area contributed by atoms with Crippen LogP contribution in [-0.2, 0) is 0 Å². The minimum Gasteiger partial charge on any atom is -0.363 e. The minimum absolute atomic E-state index is 0.101. The quantitative estimate of drug-likeness (QED) is 0.386.